The van der Waals surface area contributed by atoms with Crippen LogP contribution in [0.2, 0.25) is 0 Å². The van der Waals surface area contributed by atoms with Crippen LogP contribution in [-0.4, -0.2) is 83.5 Å². The van der Waals surface area contributed by atoms with Crippen LogP contribution in [-0.2, 0) is 23.7 Å². The number of hydrogen-bond donors (Lipinski definition) is 2. The zero-order chi connectivity index (χ0) is 32.3. The number of alkyl halides is 2. The van der Waals surface area contributed by atoms with Gasteiger partial charge >= 0.3 is 35.9 Å². The number of nitrogens with one attached hydrogen (secondary N) is 1. The number of rotatable bonds is 19. The van der Waals surface area contributed by atoms with Gasteiger partial charge in [-0.05, 0) is 25.3 Å². The van der Waals surface area contributed by atoms with Gasteiger partial charge in [0.25, 0.3) is 0 Å². The van der Waals surface area contributed by atoms with Crippen molar-refractivity contribution >= 4 is 30.1 Å². The van der Waals surface area contributed by atoms with Gasteiger partial charge in [-0.15, -0.1) is 0 Å². The third-order valence-corrected chi connectivity index (χ3v) is 5.76. The molecule has 0 fully saturated rings. The Bertz CT molecular complexity index is 1080. The summed E-state index contributed by atoms with van der Waals surface area (Å²) < 4.78 is 54.4. The summed E-state index contributed by atoms with van der Waals surface area (Å²) in [5.74, 6) is -7.37. The Balaban J connectivity index is 3.04. The van der Waals surface area contributed by atoms with E-state index in [1.165, 1.54) is 0 Å². The molecule has 0 bridgehead atoms. The number of carbonyl (C=O) groups is 4. The van der Waals surface area contributed by atoms with Crippen LogP contribution in [0.1, 0.15) is 83.4 Å². The molecular formula is C27H41F2N3O11. The smallest absolute Gasteiger partial charge is 0.449 e. The zero-order valence-corrected chi connectivity index (χ0v) is 24.7. The molecule has 1 rings (SSSR count). The fourth-order valence-corrected chi connectivity index (χ4v) is 3.40. The van der Waals surface area contributed by atoms with Gasteiger partial charge < -0.3 is 28.8 Å². The van der Waals surface area contributed by atoms with Gasteiger partial charge in [-0.2, -0.15) is 13.8 Å². The Morgan fingerprint density at radius 1 is 0.884 bits per heavy atom. The van der Waals surface area contributed by atoms with Crippen LogP contribution in [0, 0.1) is 0 Å². The van der Waals surface area contributed by atoms with Crippen molar-refractivity contribution in [3.8, 4) is 0 Å². The van der Waals surface area contributed by atoms with Gasteiger partial charge in [-0.25, -0.2) is 23.7 Å². The molecule has 0 unspecified atom stereocenters. The minimum Gasteiger partial charge on any atom is -0.449 e. The van der Waals surface area contributed by atoms with E-state index >= 15 is 8.78 Å². The lowest BCUT2D eigenvalue weighted by atomic mass is 10.1. The van der Waals surface area contributed by atoms with E-state index in [0.717, 1.165) is 38.2 Å². The molecule has 0 saturated carbocycles. The maximum atomic E-state index is 15.4. The van der Waals surface area contributed by atoms with E-state index < -0.39 is 54.7 Å². The van der Waals surface area contributed by atoms with Gasteiger partial charge in [-0.1, -0.05) is 59.3 Å². The lowest BCUT2D eigenvalue weighted by Crippen LogP contribution is -2.55. The highest BCUT2D eigenvalue weighted by atomic mass is 19.3. The molecule has 0 aliphatic heterocycles. The number of amides is 1. The third-order valence-electron chi connectivity index (χ3n) is 5.76. The minimum atomic E-state index is -4.76. The van der Waals surface area contributed by atoms with Crippen LogP contribution in [0.15, 0.2) is 17.1 Å². The quantitative estimate of drug-likeness (QED) is 0.124. The second kappa shape index (κ2) is 20.1. The summed E-state index contributed by atoms with van der Waals surface area (Å²) in [5, 5.41) is 12.6. The molecule has 1 amide bonds. The molecular weight excluding hydrogens is 580 g/mol. The van der Waals surface area contributed by atoms with E-state index in [4.69, 9.17) is 14.2 Å². The lowest BCUT2D eigenvalue weighted by Gasteiger charge is -2.28. The largest absolute Gasteiger partial charge is 0.508 e. The zero-order valence-electron chi connectivity index (χ0n) is 24.7. The number of halogens is 2. The topological polar surface area (TPSA) is 182 Å². The lowest BCUT2D eigenvalue weighted by molar-refractivity contribution is -0.150. The van der Waals surface area contributed by atoms with Crippen molar-refractivity contribution in [3.05, 3.63) is 22.7 Å². The molecule has 16 heteroatoms. The molecule has 0 radical (unpaired) electrons. The third kappa shape index (κ3) is 13.8. The van der Waals surface area contributed by atoms with E-state index in [1.54, 1.807) is 0 Å². The number of hydrogen-bond acceptors (Lipinski definition) is 12. The molecule has 244 valence electrons. The number of aromatic nitrogens is 2. The Hall–Kier alpha value is -3.82. The summed E-state index contributed by atoms with van der Waals surface area (Å²) in [6.45, 7) is 4.51. The van der Waals surface area contributed by atoms with E-state index in [9.17, 15) is 29.1 Å². The highest BCUT2D eigenvalue weighted by molar-refractivity contribution is 5.87. The maximum Gasteiger partial charge on any atom is 0.508 e. The van der Waals surface area contributed by atoms with Gasteiger partial charge in [0.15, 0.2) is 0 Å². The molecule has 14 nitrogen and oxygen atoms in total. The maximum absolute atomic E-state index is 15.4. The van der Waals surface area contributed by atoms with Gasteiger partial charge in [0.1, 0.15) is 18.5 Å². The molecule has 1 aromatic heterocycles. The fraction of sp³-hybridized carbons (Fsp3) is 0.704. The van der Waals surface area contributed by atoms with Gasteiger partial charge in [0.2, 0.25) is 6.10 Å². The van der Waals surface area contributed by atoms with Crippen LogP contribution in [0.4, 0.5) is 29.0 Å². The summed E-state index contributed by atoms with van der Waals surface area (Å²) in [4.78, 5) is 64.3. The fourth-order valence-electron chi connectivity index (χ4n) is 3.40. The van der Waals surface area contributed by atoms with Crippen molar-refractivity contribution in [1.82, 2.24) is 9.55 Å². The normalized spacial score (nSPS) is 12.5. The van der Waals surface area contributed by atoms with Gasteiger partial charge in [-0.3, -0.25) is 10.1 Å². The van der Waals surface area contributed by atoms with Crippen molar-refractivity contribution in [3.63, 3.8) is 0 Å². The average Bonchev–Trinajstić information content (AvgIpc) is 2.97. The highest BCUT2D eigenvalue weighted by Gasteiger charge is 2.55. The minimum absolute atomic E-state index is 0.0151. The monoisotopic (exact) mass is 621 g/mol. The molecule has 1 heterocycles. The Morgan fingerprint density at radius 3 is 1.95 bits per heavy atom. The second-order valence-corrected chi connectivity index (χ2v) is 9.39. The first-order valence-electron chi connectivity index (χ1n) is 14.2. The molecule has 0 aliphatic carbocycles. The summed E-state index contributed by atoms with van der Waals surface area (Å²) >= 11 is 0. The Labute approximate surface area is 248 Å². The Kier molecular flexibility index (Phi) is 17.4. The molecule has 0 aromatic carbocycles. The first kappa shape index (κ1) is 37.2. The number of aliphatic hydroxyl groups is 1. The van der Waals surface area contributed by atoms with E-state index in [-0.39, 0.29) is 30.2 Å². The van der Waals surface area contributed by atoms with Crippen LogP contribution in [0.25, 0.3) is 0 Å². The number of unbranched alkanes of at least 4 members (excludes halogenated alkanes) is 6. The number of aliphatic hydroxyl groups excluding tert-OH is 1. The first-order chi connectivity index (χ1) is 20.5. The van der Waals surface area contributed by atoms with Crippen molar-refractivity contribution in [2.24, 2.45) is 0 Å². The predicted molar refractivity (Wildman–Crippen MR) is 147 cm³/mol. The first-order valence-corrected chi connectivity index (χ1v) is 14.2. The predicted octanol–water partition coefficient (Wildman–Crippen LogP) is 4.67. The Morgan fingerprint density at radius 2 is 1.42 bits per heavy atom. The molecule has 2 atom stereocenters. The van der Waals surface area contributed by atoms with Crippen molar-refractivity contribution in [1.29, 1.82) is 0 Å². The summed E-state index contributed by atoms with van der Waals surface area (Å²) in [7, 11) is 0. The molecule has 0 saturated heterocycles. The summed E-state index contributed by atoms with van der Waals surface area (Å²) in [6, 6.07) is 0.884. The number of ether oxygens (including phenoxy) is 5. The molecule has 1 aromatic rings. The van der Waals surface area contributed by atoms with E-state index in [0.29, 0.717) is 31.9 Å². The number of carbonyl (C=O) groups excluding carboxylic acids is 4. The van der Waals surface area contributed by atoms with E-state index in [2.05, 4.69) is 19.8 Å². The number of nitrogens with zero attached hydrogens (tertiary/aromatic N) is 2. The van der Waals surface area contributed by atoms with Crippen LogP contribution < -0.4 is 11.0 Å². The molecule has 0 aliphatic rings. The van der Waals surface area contributed by atoms with E-state index in [1.807, 2.05) is 20.8 Å². The summed E-state index contributed by atoms with van der Waals surface area (Å²) in [5.41, 5.74) is -1.52. The van der Waals surface area contributed by atoms with Crippen molar-refractivity contribution < 1.29 is 56.7 Å². The van der Waals surface area contributed by atoms with Crippen molar-refractivity contribution in [2.75, 3.05) is 31.7 Å². The molecule has 43 heavy (non-hydrogen) atoms. The highest BCUT2D eigenvalue weighted by Crippen LogP contribution is 2.27. The SMILES string of the molecule is CCCCCOC(=O)Nc1ccn(C(=O)C(F)(F)[C@H](OC(=O)OCCCCC)[C@H](O)COC(=O)OCCCCC)c(=O)n1. The van der Waals surface area contributed by atoms with Gasteiger partial charge in [0.05, 0.1) is 19.8 Å². The van der Waals surface area contributed by atoms with Crippen LogP contribution >= 0.6 is 0 Å². The van der Waals surface area contributed by atoms with Crippen LogP contribution in [0.5, 0.6) is 0 Å². The molecule has 2 N–H and O–H groups in total. The second-order valence-electron chi connectivity index (χ2n) is 9.39. The average molecular weight is 622 g/mol. The summed E-state index contributed by atoms with van der Waals surface area (Å²) in [6.07, 6.45) is -2.36. The molecule has 0 spiro atoms. The van der Waals surface area contributed by atoms with Crippen LogP contribution in [0.3, 0.4) is 0 Å². The van der Waals surface area contributed by atoms with Gasteiger partial charge in [0, 0.05) is 6.20 Å². The van der Waals surface area contributed by atoms with Crippen molar-refractivity contribution in [2.45, 2.75) is 96.7 Å². The number of anilines is 1. The standard InChI is InChI=1S/C27H41F2N3O11/c1-4-7-10-15-39-24(36)31-20-13-14-32(23(35)30-20)22(34)27(28,29)21(43-26(38)41-17-12-9-6-3)19(33)18-42-25(37)40-16-11-8-5-2/h13-14,19,21,33H,4-12,15-18H2,1-3H3,(H,30,31,35,36)/t19-,21-/m1/s1.